The largest absolute Gasteiger partial charge is 0.286 e. The average Bonchev–Trinajstić information content (AvgIpc) is 2.91. The summed E-state index contributed by atoms with van der Waals surface area (Å²) in [6.07, 6.45) is 0.948. The number of nitrogens with one attached hydrogen (secondary N) is 1. The van der Waals surface area contributed by atoms with Crippen LogP contribution in [-0.4, -0.2) is 12.4 Å². The van der Waals surface area contributed by atoms with E-state index in [0.717, 1.165) is 24.5 Å². The quantitative estimate of drug-likeness (QED) is 0.885. The molecule has 2 aromatic carbocycles. The van der Waals surface area contributed by atoms with Gasteiger partial charge in [-0.15, -0.1) is 0 Å². The molecule has 0 aliphatic carbocycles. The Hall–Kier alpha value is -2.29. The first kappa shape index (κ1) is 11.8. The molecule has 96 valence electrons. The van der Waals surface area contributed by atoms with Crippen molar-refractivity contribution in [2.75, 3.05) is 11.6 Å². The number of aliphatic imine (C=N–C) groups is 1. The lowest BCUT2D eigenvalue weighted by molar-refractivity contribution is 0.858. The first-order valence-electron chi connectivity index (χ1n) is 6.55. The van der Waals surface area contributed by atoms with Crippen molar-refractivity contribution >= 4 is 17.2 Å². The highest BCUT2D eigenvalue weighted by Gasteiger charge is 2.17. The van der Waals surface area contributed by atoms with Crippen LogP contribution in [-0.2, 0) is 0 Å². The van der Waals surface area contributed by atoms with Gasteiger partial charge in [0.2, 0.25) is 0 Å². The van der Waals surface area contributed by atoms with Gasteiger partial charge in [0.25, 0.3) is 0 Å². The van der Waals surface area contributed by atoms with Gasteiger partial charge in [0.15, 0.2) is 0 Å². The first-order valence-corrected chi connectivity index (χ1v) is 6.55. The molecule has 2 aromatic rings. The summed E-state index contributed by atoms with van der Waals surface area (Å²) in [6, 6.07) is 18.5. The number of rotatable bonds is 2. The van der Waals surface area contributed by atoms with Crippen molar-refractivity contribution in [3.05, 3.63) is 60.2 Å². The molecule has 1 saturated heterocycles. The Morgan fingerprint density at radius 1 is 1.00 bits per heavy atom. The zero-order valence-electron chi connectivity index (χ0n) is 11.0. The third-order valence-corrected chi connectivity index (χ3v) is 3.27. The van der Waals surface area contributed by atoms with E-state index in [-0.39, 0.29) is 0 Å². The molecule has 0 atom stereocenters. The second-order valence-electron chi connectivity index (χ2n) is 4.69. The summed E-state index contributed by atoms with van der Waals surface area (Å²) in [7, 11) is 0. The highest BCUT2D eigenvalue weighted by Crippen LogP contribution is 2.20. The summed E-state index contributed by atoms with van der Waals surface area (Å²) < 4.78 is 0. The lowest BCUT2D eigenvalue weighted by atomic mass is 10.2. The number of hydrazine groups is 1. The van der Waals surface area contributed by atoms with Crippen LogP contribution in [0.5, 0.6) is 0 Å². The van der Waals surface area contributed by atoms with Gasteiger partial charge < -0.3 is 0 Å². The van der Waals surface area contributed by atoms with E-state index in [9.17, 15) is 0 Å². The number of anilines is 1. The van der Waals surface area contributed by atoms with Crippen molar-refractivity contribution < 1.29 is 0 Å². The van der Waals surface area contributed by atoms with Gasteiger partial charge in [0, 0.05) is 13.0 Å². The fourth-order valence-electron chi connectivity index (χ4n) is 2.20. The second kappa shape index (κ2) is 5.14. The maximum Gasteiger partial charge on any atom is 0.123 e. The molecule has 0 amide bonds. The molecule has 0 spiro atoms. The Morgan fingerprint density at radius 3 is 2.53 bits per heavy atom. The SMILES string of the molecule is Cc1ccccc1N=C1CCN(c2ccccc2)N1. The molecule has 0 radical (unpaired) electrons. The van der Waals surface area contributed by atoms with Gasteiger partial charge in [-0.05, 0) is 30.7 Å². The minimum absolute atomic E-state index is 0.948. The molecule has 1 heterocycles. The molecule has 0 aromatic heterocycles. The third kappa shape index (κ3) is 2.60. The molecule has 1 N–H and O–H groups in total. The Morgan fingerprint density at radius 2 is 1.74 bits per heavy atom. The van der Waals surface area contributed by atoms with Gasteiger partial charge >= 0.3 is 0 Å². The van der Waals surface area contributed by atoms with Crippen molar-refractivity contribution in [2.45, 2.75) is 13.3 Å². The molecule has 0 bridgehead atoms. The smallest absolute Gasteiger partial charge is 0.123 e. The minimum atomic E-state index is 0.948. The van der Waals surface area contributed by atoms with Crippen molar-refractivity contribution in [2.24, 2.45) is 4.99 Å². The highest BCUT2D eigenvalue weighted by molar-refractivity contribution is 5.89. The van der Waals surface area contributed by atoms with Gasteiger partial charge in [0.1, 0.15) is 5.84 Å². The zero-order valence-corrected chi connectivity index (χ0v) is 11.0. The van der Waals surface area contributed by atoms with Crippen LogP contribution in [0.3, 0.4) is 0 Å². The summed E-state index contributed by atoms with van der Waals surface area (Å²) in [5, 5.41) is 2.14. The van der Waals surface area contributed by atoms with Crippen LogP contribution in [0.25, 0.3) is 0 Å². The molecule has 0 saturated carbocycles. The fourth-order valence-corrected chi connectivity index (χ4v) is 2.20. The molecule has 19 heavy (non-hydrogen) atoms. The molecule has 3 nitrogen and oxygen atoms in total. The van der Waals surface area contributed by atoms with Crippen LogP contribution in [0.15, 0.2) is 59.6 Å². The third-order valence-electron chi connectivity index (χ3n) is 3.27. The zero-order chi connectivity index (χ0) is 13.1. The molecule has 1 fully saturated rings. The van der Waals surface area contributed by atoms with Gasteiger partial charge in [0.05, 0.1) is 11.4 Å². The summed E-state index contributed by atoms with van der Waals surface area (Å²) in [6.45, 7) is 3.04. The summed E-state index contributed by atoms with van der Waals surface area (Å²) in [5.74, 6) is 1.03. The van der Waals surface area contributed by atoms with E-state index in [0.29, 0.717) is 0 Å². The maximum atomic E-state index is 4.70. The molecular weight excluding hydrogens is 234 g/mol. The summed E-state index contributed by atoms with van der Waals surface area (Å²) in [4.78, 5) is 4.70. The summed E-state index contributed by atoms with van der Waals surface area (Å²) >= 11 is 0. The average molecular weight is 251 g/mol. The highest BCUT2D eigenvalue weighted by atomic mass is 15.5. The van der Waals surface area contributed by atoms with Crippen molar-refractivity contribution in [3.63, 3.8) is 0 Å². The monoisotopic (exact) mass is 251 g/mol. The number of para-hydroxylation sites is 2. The standard InChI is InChI=1S/C16H17N3/c1-13-7-5-6-10-15(13)17-16-11-12-19(18-16)14-8-3-2-4-9-14/h2-10H,11-12H2,1H3,(H,17,18). The molecule has 3 rings (SSSR count). The van der Waals surface area contributed by atoms with E-state index < -0.39 is 0 Å². The van der Waals surface area contributed by atoms with Crippen molar-refractivity contribution in [1.29, 1.82) is 0 Å². The second-order valence-corrected chi connectivity index (χ2v) is 4.69. The van der Waals surface area contributed by atoms with Crippen LogP contribution >= 0.6 is 0 Å². The normalized spacial score (nSPS) is 16.7. The topological polar surface area (TPSA) is 27.6 Å². The number of aryl methyl sites for hydroxylation is 1. The van der Waals surface area contributed by atoms with E-state index in [2.05, 4.69) is 41.6 Å². The lowest BCUT2D eigenvalue weighted by Crippen LogP contribution is -2.32. The lowest BCUT2D eigenvalue weighted by Gasteiger charge is -2.17. The van der Waals surface area contributed by atoms with Gasteiger partial charge in [-0.1, -0.05) is 36.4 Å². The molecular formula is C16H17N3. The number of hydrogen-bond donors (Lipinski definition) is 1. The Balaban J connectivity index is 1.78. The van der Waals surface area contributed by atoms with Crippen LogP contribution < -0.4 is 10.4 Å². The van der Waals surface area contributed by atoms with Crippen molar-refractivity contribution in [3.8, 4) is 0 Å². The molecule has 1 aliphatic rings. The maximum absolute atomic E-state index is 4.70. The number of benzene rings is 2. The van der Waals surface area contributed by atoms with E-state index in [1.807, 2.05) is 30.3 Å². The predicted molar refractivity (Wildman–Crippen MR) is 79.8 cm³/mol. The fraction of sp³-hybridized carbons (Fsp3) is 0.188. The van der Waals surface area contributed by atoms with Crippen LogP contribution in [0.2, 0.25) is 0 Å². The first-order chi connectivity index (χ1) is 9.33. The van der Waals surface area contributed by atoms with E-state index in [4.69, 9.17) is 4.99 Å². The van der Waals surface area contributed by atoms with Gasteiger partial charge in [-0.25, -0.2) is 4.99 Å². The van der Waals surface area contributed by atoms with Crippen LogP contribution in [0.4, 0.5) is 11.4 Å². The molecule has 1 aliphatic heterocycles. The van der Waals surface area contributed by atoms with Crippen LogP contribution in [0, 0.1) is 6.92 Å². The molecule has 3 heteroatoms. The number of hydrogen-bond acceptors (Lipinski definition) is 2. The minimum Gasteiger partial charge on any atom is -0.286 e. The molecule has 0 unspecified atom stereocenters. The van der Waals surface area contributed by atoms with Gasteiger partial charge in [-0.3, -0.25) is 10.4 Å². The Kier molecular flexibility index (Phi) is 3.19. The predicted octanol–water partition coefficient (Wildman–Crippen LogP) is 3.44. The van der Waals surface area contributed by atoms with E-state index >= 15 is 0 Å². The Labute approximate surface area is 113 Å². The van der Waals surface area contributed by atoms with E-state index in [1.165, 1.54) is 11.3 Å². The van der Waals surface area contributed by atoms with Crippen molar-refractivity contribution in [1.82, 2.24) is 5.43 Å². The van der Waals surface area contributed by atoms with Gasteiger partial charge in [-0.2, -0.15) is 0 Å². The number of amidine groups is 1. The Bertz CT molecular complexity index is 590. The number of nitrogens with zero attached hydrogens (tertiary/aromatic N) is 2. The van der Waals surface area contributed by atoms with Crippen LogP contribution in [0.1, 0.15) is 12.0 Å². The summed E-state index contributed by atoms with van der Waals surface area (Å²) in [5.41, 5.74) is 6.79. The van der Waals surface area contributed by atoms with E-state index in [1.54, 1.807) is 0 Å².